The molecule has 4 nitrogen and oxygen atoms in total. The minimum absolute atomic E-state index is 0.0672. The van der Waals surface area contributed by atoms with Crippen LogP contribution in [-0.2, 0) is 0 Å². The van der Waals surface area contributed by atoms with Crippen molar-refractivity contribution in [2.45, 2.75) is 57.4 Å². The van der Waals surface area contributed by atoms with E-state index in [0.29, 0.717) is 17.5 Å². The molecule has 0 bridgehead atoms. The van der Waals surface area contributed by atoms with Crippen molar-refractivity contribution in [1.29, 1.82) is 0 Å². The summed E-state index contributed by atoms with van der Waals surface area (Å²) in [5.41, 5.74) is 1.42. The first-order valence-electron chi connectivity index (χ1n) is 9.07. The Balaban J connectivity index is 1.55. The Kier molecular flexibility index (Phi) is 4.13. The van der Waals surface area contributed by atoms with Crippen molar-refractivity contribution < 1.29 is 9.21 Å². The second-order valence-corrected chi connectivity index (χ2v) is 7.30. The fraction of sp³-hybridized carbons (Fsp3) is 0.500. The fourth-order valence-corrected chi connectivity index (χ4v) is 3.48. The first-order valence-corrected chi connectivity index (χ1v) is 9.07. The zero-order chi connectivity index (χ0) is 16.5. The van der Waals surface area contributed by atoms with Gasteiger partial charge in [-0.05, 0) is 56.6 Å². The van der Waals surface area contributed by atoms with E-state index in [1.165, 1.54) is 12.8 Å². The molecular formula is C20H24N2O2. The van der Waals surface area contributed by atoms with Crippen LogP contribution in [0.3, 0.4) is 0 Å². The van der Waals surface area contributed by atoms with E-state index < -0.39 is 0 Å². The normalized spacial score (nSPS) is 23.9. The van der Waals surface area contributed by atoms with E-state index >= 15 is 0 Å². The number of aromatic nitrogens is 1. The standard InChI is InChI=1S/C20H24N2O2/c1-13-7-11-16(12-8-13)21-19(23)17-18(14-9-10-14)24-20(22-17)15-5-3-2-4-6-15/h2-6,13-14,16H,7-12H2,1H3,(H,21,23). The van der Waals surface area contributed by atoms with Gasteiger partial charge in [-0.25, -0.2) is 4.98 Å². The van der Waals surface area contributed by atoms with Crippen LogP contribution in [0.5, 0.6) is 0 Å². The molecule has 126 valence electrons. The molecule has 1 amide bonds. The maximum Gasteiger partial charge on any atom is 0.273 e. The number of nitrogens with one attached hydrogen (secondary N) is 1. The third kappa shape index (κ3) is 3.23. The summed E-state index contributed by atoms with van der Waals surface area (Å²) in [6.45, 7) is 2.28. The van der Waals surface area contributed by atoms with Crippen LogP contribution >= 0.6 is 0 Å². The summed E-state index contributed by atoms with van der Waals surface area (Å²) in [5.74, 6) is 2.40. The first kappa shape index (κ1) is 15.4. The molecule has 4 rings (SSSR count). The average Bonchev–Trinajstić information content (AvgIpc) is 3.36. The van der Waals surface area contributed by atoms with Gasteiger partial charge in [0.1, 0.15) is 5.76 Å². The highest BCUT2D eigenvalue weighted by molar-refractivity contribution is 5.94. The van der Waals surface area contributed by atoms with Crippen LogP contribution in [0.2, 0.25) is 0 Å². The molecule has 2 aliphatic carbocycles. The zero-order valence-corrected chi connectivity index (χ0v) is 14.1. The lowest BCUT2D eigenvalue weighted by Gasteiger charge is -2.26. The van der Waals surface area contributed by atoms with E-state index in [1.807, 2.05) is 30.3 Å². The first-order chi connectivity index (χ1) is 11.7. The second kappa shape index (κ2) is 6.42. The molecule has 0 saturated heterocycles. The van der Waals surface area contributed by atoms with Crippen molar-refractivity contribution in [3.05, 3.63) is 41.8 Å². The monoisotopic (exact) mass is 324 g/mol. The SMILES string of the molecule is CC1CCC(NC(=O)c2nc(-c3ccccc3)oc2C2CC2)CC1. The Morgan fingerprint density at radius 1 is 1.08 bits per heavy atom. The zero-order valence-electron chi connectivity index (χ0n) is 14.1. The van der Waals surface area contributed by atoms with E-state index in [2.05, 4.69) is 17.2 Å². The molecule has 0 unspecified atom stereocenters. The molecule has 1 heterocycles. The van der Waals surface area contributed by atoms with Crippen LogP contribution in [0, 0.1) is 5.92 Å². The molecule has 2 aromatic rings. The number of carbonyl (C=O) groups excluding carboxylic acids is 1. The number of hydrogen-bond donors (Lipinski definition) is 1. The van der Waals surface area contributed by atoms with Gasteiger partial charge in [0, 0.05) is 17.5 Å². The predicted molar refractivity (Wildman–Crippen MR) is 92.8 cm³/mol. The fourth-order valence-electron chi connectivity index (χ4n) is 3.48. The summed E-state index contributed by atoms with van der Waals surface area (Å²) in [5, 5.41) is 3.18. The largest absolute Gasteiger partial charge is 0.440 e. The number of hydrogen-bond acceptors (Lipinski definition) is 3. The molecule has 1 N–H and O–H groups in total. The molecule has 0 spiro atoms. The van der Waals surface area contributed by atoms with Gasteiger partial charge in [-0.15, -0.1) is 0 Å². The lowest BCUT2D eigenvalue weighted by atomic mass is 9.87. The van der Waals surface area contributed by atoms with Crippen molar-refractivity contribution >= 4 is 5.91 Å². The predicted octanol–water partition coefficient (Wildman–Crippen LogP) is 4.53. The minimum Gasteiger partial charge on any atom is -0.440 e. The summed E-state index contributed by atoms with van der Waals surface area (Å²) < 4.78 is 5.98. The highest BCUT2D eigenvalue weighted by Gasteiger charge is 2.34. The highest BCUT2D eigenvalue weighted by atomic mass is 16.4. The summed E-state index contributed by atoms with van der Waals surface area (Å²) in [6.07, 6.45) is 6.68. The number of oxazole rings is 1. The summed E-state index contributed by atoms with van der Waals surface area (Å²) >= 11 is 0. The molecule has 0 aliphatic heterocycles. The van der Waals surface area contributed by atoms with E-state index in [4.69, 9.17) is 4.42 Å². The summed E-state index contributed by atoms with van der Waals surface area (Å²) in [4.78, 5) is 17.3. The quantitative estimate of drug-likeness (QED) is 0.899. The van der Waals surface area contributed by atoms with Crippen molar-refractivity contribution in [3.8, 4) is 11.5 Å². The second-order valence-electron chi connectivity index (χ2n) is 7.30. The average molecular weight is 324 g/mol. The van der Waals surface area contributed by atoms with Crippen LogP contribution in [0.4, 0.5) is 0 Å². The van der Waals surface area contributed by atoms with Crippen LogP contribution in [-0.4, -0.2) is 16.9 Å². The van der Waals surface area contributed by atoms with E-state index in [9.17, 15) is 4.79 Å². The third-order valence-electron chi connectivity index (χ3n) is 5.19. The topological polar surface area (TPSA) is 55.1 Å². The van der Waals surface area contributed by atoms with E-state index in [1.54, 1.807) is 0 Å². The van der Waals surface area contributed by atoms with Gasteiger partial charge in [0.25, 0.3) is 5.91 Å². The number of carbonyl (C=O) groups is 1. The van der Waals surface area contributed by atoms with Crippen molar-refractivity contribution in [2.24, 2.45) is 5.92 Å². The van der Waals surface area contributed by atoms with Gasteiger partial charge in [0.05, 0.1) is 0 Å². The van der Waals surface area contributed by atoms with E-state index in [0.717, 1.165) is 42.9 Å². The van der Waals surface area contributed by atoms with Crippen molar-refractivity contribution in [1.82, 2.24) is 10.3 Å². The molecule has 1 aromatic heterocycles. The Labute approximate surface area is 142 Å². The summed E-state index contributed by atoms with van der Waals surface area (Å²) in [6, 6.07) is 10.1. The Hall–Kier alpha value is -2.10. The Morgan fingerprint density at radius 2 is 1.79 bits per heavy atom. The smallest absolute Gasteiger partial charge is 0.273 e. The van der Waals surface area contributed by atoms with Crippen LogP contribution in [0.25, 0.3) is 11.5 Å². The van der Waals surface area contributed by atoms with Gasteiger partial charge in [-0.1, -0.05) is 25.1 Å². The van der Waals surface area contributed by atoms with Crippen LogP contribution in [0.15, 0.2) is 34.7 Å². The van der Waals surface area contributed by atoms with Gasteiger partial charge in [-0.3, -0.25) is 4.79 Å². The summed E-state index contributed by atoms with van der Waals surface area (Å²) in [7, 11) is 0. The molecule has 2 aliphatic rings. The van der Waals surface area contributed by atoms with Crippen LogP contribution in [0.1, 0.15) is 67.6 Å². The molecular weight excluding hydrogens is 300 g/mol. The van der Waals surface area contributed by atoms with E-state index in [-0.39, 0.29) is 11.9 Å². The molecule has 24 heavy (non-hydrogen) atoms. The Bertz CT molecular complexity index is 710. The van der Waals surface area contributed by atoms with Gasteiger partial charge in [0.2, 0.25) is 5.89 Å². The molecule has 2 saturated carbocycles. The number of benzene rings is 1. The van der Waals surface area contributed by atoms with Gasteiger partial charge >= 0.3 is 0 Å². The number of amides is 1. The highest BCUT2D eigenvalue weighted by Crippen LogP contribution is 2.43. The van der Waals surface area contributed by atoms with Crippen molar-refractivity contribution in [3.63, 3.8) is 0 Å². The molecule has 2 fully saturated rings. The molecule has 0 radical (unpaired) electrons. The Morgan fingerprint density at radius 3 is 2.46 bits per heavy atom. The van der Waals surface area contributed by atoms with Crippen LogP contribution < -0.4 is 5.32 Å². The molecule has 1 aromatic carbocycles. The lowest BCUT2D eigenvalue weighted by Crippen LogP contribution is -2.37. The maximum absolute atomic E-state index is 12.8. The lowest BCUT2D eigenvalue weighted by molar-refractivity contribution is 0.0916. The van der Waals surface area contributed by atoms with Gasteiger partial charge in [0.15, 0.2) is 5.69 Å². The minimum atomic E-state index is -0.0672. The maximum atomic E-state index is 12.8. The number of rotatable bonds is 4. The third-order valence-corrected chi connectivity index (χ3v) is 5.19. The van der Waals surface area contributed by atoms with Gasteiger partial charge in [-0.2, -0.15) is 0 Å². The van der Waals surface area contributed by atoms with Crippen molar-refractivity contribution in [2.75, 3.05) is 0 Å². The molecule has 0 atom stereocenters. The molecule has 4 heteroatoms. The van der Waals surface area contributed by atoms with Gasteiger partial charge < -0.3 is 9.73 Å². The number of nitrogens with zero attached hydrogens (tertiary/aromatic N) is 1.